The Bertz CT molecular complexity index is 1080. The molecule has 0 spiro atoms. The average molecular weight is 331 g/mol. The van der Waals surface area contributed by atoms with Gasteiger partial charge in [0.15, 0.2) is 5.82 Å². The average Bonchev–Trinajstić information content (AvgIpc) is 3.06. The van der Waals surface area contributed by atoms with E-state index in [2.05, 4.69) is 20.4 Å². The van der Waals surface area contributed by atoms with Gasteiger partial charge in [0.25, 0.3) is 11.3 Å². The molecule has 2 heterocycles. The maximum Gasteiger partial charge on any atom is 0.274 e. The molecule has 0 aliphatic heterocycles. The van der Waals surface area contributed by atoms with Crippen LogP contribution in [-0.2, 0) is 6.54 Å². The van der Waals surface area contributed by atoms with Crippen LogP contribution in [0.3, 0.4) is 0 Å². The molecule has 124 valence electrons. The van der Waals surface area contributed by atoms with Crippen LogP contribution < -0.4 is 10.9 Å². The quantitative estimate of drug-likeness (QED) is 0.603. The van der Waals surface area contributed by atoms with E-state index in [1.807, 2.05) is 61.5 Å². The van der Waals surface area contributed by atoms with Crippen molar-refractivity contribution in [1.29, 1.82) is 0 Å². The second kappa shape index (κ2) is 6.24. The first-order valence-electron chi connectivity index (χ1n) is 8.04. The number of aromatic amines is 1. The van der Waals surface area contributed by atoms with Gasteiger partial charge in [-0.05, 0) is 25.1 Å². The fourth-order valence-corrected chi connectivity index (χ4v) is 2.69. The summed E-state index contributed by atoms with van der Waals surface area (Å²) >= 11 is 0. The number of rotatable bonds is 4. The van der Waals surface area contributed by atoms with Crippen LogP contribution in [-0.4, -0.2) is 19.6 Å². The number of para-hydroxylation sites is 1. The largest absolute Gasteiger partial charge is 0.379 e. The normalized spacial score (nSPS) is 10.9. The highest BCUT2D eigenvalue weighted by molar-refractivity contribution is 5.57. The first kappa shape index (κ1) is 15.1. The molecule has 0 amide bonds. The summed E-state index contributed by atoms with van der Waals surface area (Å²) in [6.07, 6.45) is 0. The fraction of sp³-hybridized carbons (Fsp3) is 0.105. The monoisotopic (exact) mass is 331 g/mol. The molecule has 0 radical (unpaired) electrons. The van der Waals surface area contributed by atoms with Gasteiger partial charge in [-0.25, -0.2) is 4.98 Å². The lowest BCUT2D eigenvalue weighted by atomic mass is 10.1. The summed E-state index contributed by atoms with van der Waals surface area (Å²) in [5.74, 6) is 0.996. The molecule has 6 heteroatoms. The van der Waals surface area contributed by atoms with Gasteiger partial charge in [-0.1, -0.05) is 42.0 Å². The molecule has 2 aromatic heterocycles. The van der Waals surface area contributed by atoms with E-state index in [0.717, 1.165) is 16.8 Å². The van der Waals surface area contributed by atoms with Crippen molar-refractivity contribution in [3.05, 3.63) is 82.3 Å². The van der Waals surface area contributed by atoms with Gasteiger partial charge in [-0.3, -0.25) is 9.89 Å². The molecule has 4 aromatic rings. The van der Waals surface area contributed by atoms with Crippen molar-refractivity contribution in [1.82, 2.24) is 19.6 Å². The van der Waals surface area contributed by atoms with Crippen LogP contribution in [0, 0.1) is 6.92 Å². The Kier molecular flexibility index (Phi) is 3.78. The number of hydrogen-bond donors (Lipinski definition) is 2. The highest BCUT2D eigenvalue weighted by atomic mass is 16.1. The number of hydrogen-bond acceptors (Lipinski definition) is 4. The van der Waals surface area contributed by atoms with Crippen LogP contribution in [0.5, 0.6) is 0 Å². The van der Waals surface area contributed by atoms with Gasteiger partial charge in [0.2, 0.25) is 0 Å². The van der Waals surface area contributed by atoms with E-state index in [-0.39, 0.29) is 5.56 Å². The Labute approximate surface area is 144 Å². The highest BCUT2D eigenvalue weighted by Gasteiger charge is 2.09. The molecule has 0 aliphatic carbocycles. The van der Waals surface area contributed by atoms with Crippen molar-refractivity contribution in [2.45, 2.75) is 13.5 Å². The van der Waals surface area contributed by atoms with Crippen LogP contribution in [0.25, 0.3) is 17.2 Å². The summed E-state index contributed by atoms with van der Waals surface area (Å²) in [6, 6.07) is 19.3. The smallest absolute Gasteiger partial charge is 0.274 e. The molecular weight excluding hydrogens is 314 g/mol. The second-order valence-corrected chi connectivity index (χ2v) is 5.88. The lowest BCUT2D eigenvalue weighted by molar-refractivity contribution is 0.879. The summed E-state index contributed by atoms with van der Waals surface area (Å²) in [4.78, 5) is 21.3. The van der Waals surface area contributed by atoms with Crippen LogP contribution >= 0.6 is 0 Å². The van der Waals surface area contributed by atoms with Crippen LogP contribution in [0.1, 0.15) is 11.3 Å². The number of nitrogens with one attached hydrogen (secondary N) is 2. The third-order valence-electron chi connectivity index (χ3n) is 3.92. The van der Waals surface area contributed by atoms with E-state index in [4.69, 9.17) is 0 Å². The summed E-state index contributed by atoms with van der Waals surface area (Å²) in [5, 5.41) is 6.27. The van der Waals surface area contributed by atoms with Gasteiger partial charge in [-0.2, -0.15) is 9.50 Å². The molecule has 4 rings (SSSR count). The Balaban J connectivity index is 1.66. The molecular formula is C19H17N5O. The molecule has 0 unspecified atom stereocenters. The minimum absolute atomic E-state index is 0.179. The van der Waals surface area contributed by atoms with Gasteiger partial charge >= 0.3 is 0 Å². The predicted molar refractivity (Wildman–Crippen MR) is 97.5 cm³/mol. The Hall–Kier alpha value is -3.41. The third kappa shape index (κ3) is 3.14. The van der Waals surface area contributed by atoms with E-state index < -0.39 is 0 Å². The molecule has 0 saturated heterocycles. The topological polar surface area (TPSA) is 75.1 Å². The molecule has 2 aromatic carbocycles. The predicted octanol–water partition coefficient (Wildman–Crippen LogP) is 3.01. The molecule has 0 aliphatic rings. The zero-order valence-electron chi connectivity index (χ0n) is 13.7. The van der Waals surface area contributed by atoms with Crippen molar-refractivity contribution in [3.8, 4) is 11.4 Å². The Morgan fingerprint density at radius 2 is 1.88 bits per heavy atom. The third-order valence-corrected chi connectivity index (χ3v) is 3.92. The zero-order valence-corrected chi connectivity index (χ0v) is 13.7. The van der Waals surface area contributed by atoms with Crippen molar-refractivity contribution < 1.29 is 0 Å². The summed E-state index contributed by atoms with van der Waals surface area (Å²) in [7, 11) is 0. The summed E-state index contributed by atoms with van der Waals surface area (Å²) < 4.78 is 1.36. The van der Waals surface area contributed by atoms with Crippen molar-refractivity contribution >= 4 is 11.5 Å². The minimum atomic E-state index is -0.179. The van der Waals surface area contributed by atoms with Gasteiger partial charge < -0.3 is 5.32 Å². The molecule has 0 saturated carbocycles. The Morgan fingerprint density at radius 1 is 1.04 bits per heavy atom. The number of anilines is 1. The van der Waals surface area contributed by atoms with Gasteiger partial charge in [0.1, 0.15) is 0 Å². The summed E-state index contributed by atoms with van der Waals surface area (Å²) in [5.41, 5.74) is 3.50. The minimum Gasteiger partial charge on any atom is -0.379 e. The Morgan fingerprint density at radius 3 is 2.68 bits per heavy atom. The number of nitrogens with zero attached hydrogens (tertiary/aromatic N) is 3. The van der Waals surface area contributed by atoms with Crippen LogP contribution in [0.4, 0.5) is 5.69 Å². The molecule has 0 fully saturated rings. The fourth-order valence-electron chi connectivity index (χ4n) is 2.69. The number of aromatic nitrogens is 4. The summed E-state index contributed by atoms with van der Waals surface area (Å²) in [6.45, 7) is 2.48. The van der Waals surface area contributed by atoms with E-state index >= 15 is 0 Å². The lowest BCUT2D eigenvalue weighted by Crippen LogP contribution is -2.17. The van der Waals surface area contributed by atoms with Crippen molar-refractivity contribution in [2.75, 3.05) is 5.32 Å². The molecule has 2 N–H and O–H groups in total. The molecule has 6 nitrogen and oxygen atoms in total. The van der Waals surface area contributed by atoms with Crippen molar-refractivity contribution in [3.63, 3.8) is 0 Å². The lowest BCUT2D eigenvalue weighted by Gasteiger charge is -2.05. The number of benzene rings is 2. The van der Waals surface area contributed by atoms with Crippen LogP contribution in [0.2, 0.25) is 0 Å². The maximum atomic E-state index is 12.3. The number of fused-ring (bicyclic) bond motifs is 1. The van der Waals surface area contributed by atoms with E-state index in [1.165, 1.54) is 10.6 Å². The van der Waals surface area contributed by atoms with Gasteiger partial charge in [0, 0.05) is 17.3 Å². The highest BCUT2D eigenvalue weighted by Crippen LogP contribution is 2.16. The van der Waals surface area contributed by atoms with Gasteiger partial charge in [-0.15, -0.1) is 0 Å². The van der Waals surface area contributed by atoms with E-state index in [1.54, 1.807) is 0 Å². The maximum absolute atomic E-state index is 12.3. The number of H-pyrrole nitrogens is 1. The van der Waals surface area contributed by atoms with Crippen LogP contribution in [0.15, 0.2) is 65.5 Å². The van der Waals surface area contributed by atoms with E-state index in [0.29, 0.717) is 23.8 Å². The first-order chi connectivity index (χ1) is 12.2. The van der Waals surface area contributed by atoms with Gasteiger partial charge in [0.05, 0.1) is 12.2 Å². The standard InChI is InChI=1S/C19H17N5O/c1-13-6-5-7-14(10-13)18-22-19-21-16(11-17(25)24(19)23-18)12-20-15-8-3-2-4-9-15/h2-11,20H,12H2,1H3,(H,21,22,23). The molecule has 0 atom stereocenters. The number of aryl methyl sites for hydroxylation is 1. The molecule has 25 heavy (non-hydrogen) atoms. The SMILES string of the molecule is Cc1cccc(-c2nc3nc(CNc4ccccc4)cc(=O)n3[nH]2)c1. The molecule has 0 bridgehead atoms. The van der Waals surface area contributed by atoms with Crippen molar-refractivity contribution in [2.24, 2.45) is 0 Å². The zero-order chi connectivity index (χ0) is 17.2. The second-order valence-electron chi connectivity index (χ2n) is 5.88. The first-order valence-corrected chi connectivity index (χ1v) is 8.04. The van der Waals surface area contributed by atoms with E-state index in [9.17, 15) is 4.79 Å².